The minimum absolute atomic E-state index is 0.0325. The molecule has 5 heteroatoms. The summed E-state index contributed by atoms with van der Waals surface area (Å²) in [6, 6.07) is 7.80. The van der Waals surface area contributed by atoms with Gasteiger partial charge in [0, 0.05) is 19.0 Å². The normalized spacial score (nSPS) is 20.5. The second-order valence-corrected chi connectivity index (χ2v) is 7.90. The number of ether oxygens (including phenoxy) is 1. The van der Waals surface area contributed by atoms with Gasteiger partial charge in [-0.05, 0) is 38.8 Å². The van der Waals surface area contributed by atoms with E-state index < -0.39 is 5.60 Å². The van der Waals surface area contributed by atoms with E-state index in [1.165, 1.54) is 32.1 Å². The molecule has 1 heterocycles. The van der Waals surface area contributed by atoms with Crippen LogP contribution in [0.1, 0.15) is 65.2 Å². The van der Waals surface area contributed by atoms with Gasteiger partial charge in [0.25, 0.3) is 5.91 Å². The van der Waals surface area contributed by atoms with Crippen molar-refractivity contribution in [2.45, 2.75) is 76.9 Å². The van der Waals surface area contributed by atoms with E-state index in [0.717, 1.165) is 18.5 Å². The quantitative estimate of drug-likeness (QED) is 0.890. The van der Waals surface area contributed by atoms with Crippen LogP contribution in [0.4, 0.5) is 5.69 Å². The molecule has 0 bridgehead atoms. The Balaban J connectivity index is 1.61. The van der Waals surface area contributed by atoms with Crippen molar-refractivity contribution >= 4 is 17.5 Å². The van der Waals surface area contributed by atoms with Gasteiger partial charge >= 0.3 is 0 Å². The zero-order valence-corrected chi connectivity index (χ0v) is 15.9. The molecule has 142 valence electrons. The highest BCUT2D eigenvalue weighted by atomic mass is 16.5. The maximum absolute atomic E-state index is 12.8. The molecule has 1 aliphatic carbocycles. The highest BCUT2D eigenvalue weighted by Crippen LogP contribution is 2.37. The van der Waals surface area contributed by atoms with Gasteiger partial charge in [0.2, 0.25) is 5.91 Å². The lowest BCUT2D eigenvalue weighted by atomic mass is 9.96. The van der Waals surface area contributed by atoms with E-state index in [9.17, 15) is 9.59 Å². The van der Waals surface area contributed by atoms with Gasteiger partial charge in [0.05, 0.1) is 5.69 Å². The van der Waals surface area contributed by atoms with E-state index in [-0.39, 0.29) is 17.9 Å². The number of rotatable bonds is 4. The Morgan fingerprint density at radius 2 is 1.81 bits per heavy atom. The number of fused-ring (bicyclic) bond motifs is 1. The van der Waals surface area contributed by atoms with Crippen molar-refractivity contribution in [3.05, 3.63) is 24.3 Å². The van der Waals surface area contributed by atoms with E-state index in [2.05, 4.69) is 5.32 Å². The first-order valence-electron chi connectivity index (χ1n) is 9.87. The summed E-state index contributed by atoms with van der Waals surface area (Å²) >= 11 is 0. The summed E-state index contributed by atoms with van der Waals surface area (Å²) in [7, 11) is 0. The molecular weight excluding hydrogens is 328 g/mol. The molecule has 1 N–H and O–H groups in total. The summed E-state index contributed by atoms with van der Waals surface area (Å²) in [6.07, 6.45) is 8.67. The summed E-state index contributed by atoms with van der Waals surface area (Å²) in [5, 5.41) is 3.18. The highest BCUT2D eigenvalue weighted by Gasteiger charge is 2.40. The molecule has 1 aromatic carbocycles. The SMILES string of the molecule is CC1(C)Oc2ccccc2N(CCC(=O)NC2CCCCCCC2)C1=O. The van der Waals surface area contributed by atoms with E-state index >= 15 is 0 Å². The number of amides is 2. The third-order valence-corrected chi connectivity index (χ3v) is 5.31. The summed E-state index contributed by atoms with van der Waals surface area (Å²) in [5.41, 5.74) is -0.166. The lowest BCUT2D eigenvalue weighted by Crippen LogP contribution is -2.53. The molecule has 0 saturated heterocycles. The zero-order valence-electron chi connectivity index (χ0n) is 15.9. The molecule has 0 radical (unpaired) electrons. The maximum atomic E-state index is 12.8. The second-order valence-electron chi connectivity index (χ2n) is 7.90. The van der Waals surface area contributed by atoms with Crippen molar-refractivity contribution in [3.63, 3.8) is 0 Å². The molecule has 2 amide bonds. The van der Waals surface area contributed by atoms with Crippen LogP contribution in [-0.2, 0) is 9.59 Å². The number of benzene rings is 1. The van der Waals surface area contributed by atoms with Crippen LogP contribution in [0.2, 0.25) is 0 Å². The van der Waals surface area contributed by atoms with Crippen LogP contribution in [0.5, 0.6) is 5.75 Å². The Morgan fingerprint density at radius 1 is 1.15 bits per heavy atom. The van der Waals surface area contributed by atoms with Crippen molar-refractivity contribution in [3.8, 4) is 5.75 Å². The fourth-order valence-corrected chi connectivity index (χ4v) is 3.86. The van der Waals surface area contributed by atoms with Gasteiger partial charge in [-0.2, -0.15) is 0 Å². The van der Waals surface area contributed by atoms with E-state index in [0.29, 0.717) is 18.7 Å². The fourth-order valence-electron chi connectivity index (χ4n) is 3.86. The monoisotopic (exact) mass is 358 g/mol. The first-order chi connectivity index (χ1) is 12.5. The van der Waals surface area contributed by atoms with Gasteiger partial charge in [-0.15, -0.1) is 0 Å². The van der Waals surface area contributed by atoms with Crippen molar-refractivity contribution in [2.75, 3.05) is 11.4 Å². The molecule has 1 fully saturated rings. The van der Waals surface area contributed by atoms with E-state index in [1.54, 1.807) is 18.7 Å². The molecule has 1 aromatic rings. The van der Waals surface area contributed by atoms with Gasteiger partial charge in [-0.25, -0.2) is 0 Å². The average Bonchev–Trinajstić information content (AvgIpc) is 2.57. The Kier molecular flexibility index (Phi) is 5.84. The smallest absolute Gasteiger partial charge is 0.270 e. The number of nitrogens with one attached hydrogen (secondary N) is 1. The highest BCUT2D eigenvalue weighted by molar-refractivity contribution is 6.02. The van der Waals surface area contributed by atoms with Gasteiger partial charge in [-0.3, -0.25) is 9.59 Å². The first-order valence-corrected chi connectivity index (χ1v) is 9.87. The molecule has 0 aromatic heterocycles. The molecule has 0 atom stereocenters. The van der Waals surface area contributed by atoms with E-state index in [1.807, 2.05) is 24.3 Å². The number of carbonyl (C=O) groups excluding carboxylic acids is 2. The number of carbonyl (C=O) groups is 2. The van der Waals surface area contributed by atoms with Gasteiger partial charge in [-0.1, -0.05) is 44.2 Å². The standard InChI is InChI=1S/C21H30N2O3/c1-21(2)20(25)23(17-12-8-9-13-18(17)26-21)15-14-19(24)22-16-10-6-4-3-5-7-11-16/h8-9,12-13,16H,3-7,10-11,14-15H2,1-2H3,(H,22,24). The van der Waals surface area contributed by atoms with Crippen molar-refractivity contribution in [2.24, 2.45) is 0 Å². The van der Waals surface area contributed by atoms with Gasteiger partial charge in [0.15, 0.2) is 5.60 Å². The first kappa shape index (κ1) is 18.7. The summed E-state index contributed by atoms with van der Waals surface area (Å²) in [6.45, 7) is 3.92. The summed E-state index contributed by atoms with van der Waals surface area (Å²) in [5.74, 6) is 0.623. The molecule has 2 aliphatic rings. The third kappa shape index (κ3) is 4.37. The molecular formula is C21H30N2O3. The Bertz CT molecular complexity index is 648. The fraction of sp³-hybridized carbons (Fsp3) is 0.619. The zero-order chi connectivity index (χ0) is 18.6. The van der Waals surface area contributed by atoms with Crippen LogP contribution >= 0.6 is 0 Å². The minimum atomic E-state index is -0.912. The molecule has 5 nitrogen and oxygen atoms in total. The molecule has 26 heavy (non-hydrogen) atoms. The van der Waals surface area contributed by atoms with Crippen LogP contribution < -0.4 is 15.0 Å². The predicted octanol–water partition coefficient (Wildman–Crippen LogP) is 3.81. The minimum Gasteiger partial charge on any atom is -0.476 e. The number of hydrogen-bond acceptors (Lipinski definition) is 3. The molecule has 0 spiro atoms. The second kappa shape index (κ2) is 8.11. The van der Waals surface area contributed by atoms with Crippen molar-refractivity contribution in [1.29, 1.82) is 0 Å². The van der Waals surface area contributed by atoms with Crippen molar-refractivity contribution in [1.82, 2.24) is 5.32 Å². The topological polar surface area (TPSA) is 58.6 Å². The summed E-state index contributed by atoms with van der Waals surface area (Å²) in [4.78, 5) is 26.9. The maximum Gasteiger partial charge on any atom is 0.270 e. The van der Waals surface area contributed by atoms with Gasteiger partial charge < -0.3 is 15.0 Å². The number of anilines is 1. The van der Waals surface area contributed by atoms with Crippen molar-refractivity contribution < 1.29 is 14.3 Å². The lowest BCUT2D eigenvalue weighted by molar-refractivity contribution is -0.132. The predicted molar refractivity (Wildman–Crippen MR) is 102 cm³/mol. The Morgan fingerprint density at radius 3 is 2.54 bits per heavy atom. The Hall–Kier alpha value is -2.04. The van der Waals surface area contributed by atoms with Crippen LogP contribution in [0.15, 0.2) is 24.3 Å². The van der Waals surface area contributed by atoms with Crippen LogP contribution in [0, 0.1) is 0 Å². The Labute approximate surface area is 156 Å². The lowest BCUT2D eigenvalue weighted by Gasteiger charge is -2.38. The third-order valence-electron chi connectivity index (χ3n) is 5.31. The average molecular weight is 358 g/mol. The van der Waals surface area contributed by atoms with Gasteiger partial charge in [0.1, 0.15) is 5.75 Å². The molecule has 1 aliphatic heterocycles. The molecule has 0 unspecified atom stereocenters. The molecule has 1 saturated carbocycles. The summed E-state index contributed by atoms with van der Waals surface area (Å²) < 4.78 is 5.82. The molecule has 3 rings (SSSR count). The largest absolute Gasteiger partial charge is 0.476 e. The number of hydrogen-bond donors (Lipinski definition) is 1. The number of para-hydroxylation sites is 2. The van der Waals surface area contributed by atoms with Crippen LogP contribution in [-0.4, -0.2) is 30.0 Å². The van der Waals surface area contributed by atoms with Crippen LogP contribution in [0.3, 0.4) is 0 Å². The van der Waals surface area contributed by atoms with Crippen LogP contribution in [0.25, 0.3) is 0 Å². The van der Waals surface area contributed by atoms with E-state index in [4.69, 9.17) is 4.74 Å². The number of nitrogens with zero attached hydrogens (tertiary/aromatic N) is 1.